The molecule has 1 fully saturated rings. The molecule has 0 aliphatic heterocycles. The Kier molecular flexibility index (Phi) is 4.00. The molecule has 3 rings (SSSR count). The van der Waals surface area contributed by atoms with E-state index in [1.807, 2.05) is 24.5 Å². The van der Waals surface area contributed by atoms with Gasteiger partial charge in [-0.2, -0.15) is 0 Å². The average Bonchev–Trinajstić information content (AvgIpc) is 3.00. The van der Waals surface area contributed by atoms with Gasteiger partial charge in [0.15, 0.2) is 0 Å². The van der Waals surface area contributed by atoms with Gasteiger partial charge in [-0.1, -0.05) is 26.7 Å². The summed E-state index contributed by atoms with van der Waals surface area (Å²) in [5.74, 6) is 0.648. The molecule has 1 aromatic heterocycles. The Morgan fingerprint density at radius 2 is 1.95 bits per heavy atom. The molecule has 0 unspecified atom stereocenters. The molecule has 1 saturated carbocycles. The van der Waals surface area contributed by atoms with Crippen LogP contribution < -0.4 is 10.6 Å². The molecule has 0 amide bonds. The summed E-state index contributed by atoms with van der Waals surface area (Å²) < 4.78 is 0. The summed E-state index contributed by atoms with van der Waals surface area (Å²) in [4.78, 5) is 6.92. The maximum Gasteiger partial charge on any atom is 0.0465 e. The lowest BCUT2D eigenvalue weighted by molar-refractivity contribution is 0.537. The summed E-state index contributed by atoms with van der Waals surface area (Å²) in [6.45, 7) is 5.68. The molecule has 1 aromatic carbocycles. The Hall–Kier alpha value is -1.77. The Morgan fingerprint density at radius 3 is 2.67 bits per heavy atom. The maximum absolute atomic E-state index is 6.13. The number of nitrogen functional groups attached to an aromatic ring is 1. The van der Waals surface area contributed by atoms with Crippen LogP contribution in [-0.2, 0) is 0 Å². The van der Waals surface area contributed by atoms with Gasteiger partial charge in [0.05, 0.1) is 0 Å². The molecule has 112 valence electrons. The number of hydrogen-bond donors (Lipinski definition) is 1. The summed E-state index contributed by atoms with van der Waals surface area (Å²) in [6, 6.07) is 6.91. The molecule has 2 aromatic rings. The predicted octanol–water partition coefficient (Wildman–Crippen LogP) is 4.22. The number of rotatable bonds is 4. The van der Waals surface area contributed by atoms with Gasteiger partial charge in [0.2, 0.25) is 0 Å². The third kappa shape index (κ3) is 2.82. The van der Waals surface area contributed by atoms with Crippen LogP contribution in [0.3, 0.4) is 0 Å². The van der Waals surface area contributed by atoms with Crippen molar-refractivity contribution >= 4 is 22.1 Å². The van der Waals surface area contributed by atoms with E-state index in [1.165, 1.54) is 36.8 Å². The fourth-order valence-corrected chi connectivity index (χ4v) is 3.50. The van der Waals surface area contributed by atoms with E-state index in [9.17, 15) is 0 Å². The first-order valence-corrected chi connectivity index (χ1v) is 8.05. The standard InChI is InChI=1S/C18H25N3/c1-13(2)12-21(14-5-3-4-6-14)18-8-7-17(19)15-9-10-20-11-16(15)18/h7-11,13-14H,3-6,12,19H2,1-2H3. The second-order valence-corrected chi connectivity index (χ2v) is 6.58. The lowest BCUT2D eigenvalue weighted by atomic mass is 10.0. The van der Waals surface area contributed by atoms with Crippen LogP contribution in [0.4, 0.5) is 11.4 Å². The van der Waals surface area contributed by atoms with Crippen molar-refractivity contribution in [3.63, 3.8) is 0 Å². The van der Waals surface area contributed by atoms with Crippen molar-refractivity contribution in [3.05, 3.63) is 30.6 Å². The minimum absolute atomic E-state index is 0.648. The zero-order valence-corrected chi connectivity index (χ0v) is 13.0. The number of fused-ring (bicyclic) bond motifs is 1. The third-order valence-corrected chi connectivity index (χ3v) is 4.47. The molecule has 0 atom stereocenters. The van der Waals surface area contributed by atoms with Gasteiger partial charge in [-0.05, 0) is 37.0 Å². The smallest absolute Gasteiger partial charge is 0.0465 e. The number of anilines is 2. The van der Waals surface area contributed by atoms with Crippen LogP contribution in [0.5, 0.6) is 0 Å². The topological polar surface area (TPSA) is 42.1 Å². The van der Waals surface area contributed by atoms with Gasteiger partial charge >= 0.3 is 0 Å². The summed E-state index contributed by atoms with van der Waals surface area (Å²) in [6.07, 6.45) is 9.10. The Labute approximate surface area is 127 Å². The monoisotopic (exact) mass is 283 g/mol. The first-order chi connectivity index (χ1) is 10.2. The van der Waals surface area contributed by atoms with E-state index in [4.69, 9.17) is 5.73 Å². The van der Waals surface area contributed by atoms with E-state index in [-0.39, 0.29) is 0 Å². The van der Waals surface area contributed by atoms with E-state index in [2.05, 4.69) is 29.8 Å². The molecular formula is C18H25N3. The van der Waals surface area contributed by atoms with Crippen molar-refractivity contribution in [2.24, 2.45) is 5.92 Å². The molecule has 2 N–H and O–H groups in total. The number of benzene rings is 1. The third-order valence-electron chi connectivity index (χ3n) is 4.47. The van der Waals surface area contributed by atoms with Gasteiger partial charge in [-0.15, -0.1) is 0 Å². The van der Waals surface area contributed by atoms with Crippen LogP contribution in [0.2, 0.25) is 0 Å². The highest BCUT2D eigenvalue weighted by Crippen LogP contribution is 2.35. The van der Waals surface area contributed by atoms with E-state index in [0.717, 1.165) is 17.6 Å². The minimum Gasteiger partial charge on any atom is -0.398 e. The molecule has 0 radical (unpaired) electrons. The van der Waals surface area contributed by atoms with Crippen LogP contribution in [0, 0.1) is 5.92 Å². The van der Waals surface area contributed by atoms with Crippen LogP contribution in [0.15, 0.2) is 30.6 Å². The van der Waals surface area contributed by atoms with Gasteiger partial charge in [0, 0.05) is 47.1 Å². The average molecular weight is 283 g/mol. The number of aromatic nitrogens is 1. The lowest BCUT2D eigenvalue weighted by Crippen LogP contribution is -2.36. The number of nitrogens with two attached hydrogens (primary N) is 1. The van der Waals surface area contributed by atoms with Crippen molar-refractivity contribution in [2.45, 2.75) is 45.6 Å². The highest BCUT2D eigenvalue weighted by molar-refractivity contribution is 6.00. The van der Waals surface area contributed by atoms with E-state index >= 15 is 0 Å². The van der Waals surface area contributed by atoms with Gasteiger partial charge < -0.3 is 10.6 Å². The van der Waals surface area contributed by atoms with Crippen molar-refractivity contribution in [2.75, 3.05) is 17.2 Å². The zero-order valence-electron chi connectivity index (χ0n) is 13.0. The largest absolute Gasteiger partial charge is 0.398 e. The lowest BCUT2D eigenvalue weighted by Gasteiger charge is -2.33. The zero-order chi connectivity index (χ0) is 14.8. The van der Waals surface area contributed by atoms with Crippen LogP contribution >= 0.6 is 0 Å². The van der Waals surface area contributed by atoms with E-state index < -0.39 is 0 Å². The number of nitrogens with zero attached hydrogens (tertiary/aromatic N) is 2. The second-order valence-electron chi connectivity index (χ2n) is 6.58. The summed E-state index contributed by atoms with van der Waals surface area (Å²) in [5, 5.41) is 2.30. The number of pyridine rings is 1. The fourth-order valence-electron chi connectivity index (χ4n) is 3.50. The van der Waals surface area contributed by atoms with Crippen molar-refractivity contribution in [1.29, 1.82) is 0 Å². The van der Waals surface area contributed by atoms with E-state index in [1.54, 1.807) is 0 Å². The fraction of sp³-hybridized carbons (Fsp3) is 0.500. The Balaban J connectivity index is 2.08. The first-order valence-electron chi connectivity index (χ1n) is 8.05. The first kappa shape index (κ1) is 14.2. The summed E-state index contributed by atoms with van der Waals surface area (Å²) >= 11 is 0. The van der Waals surface area contributed by atoms with Crippen LogP contribution in [0.1, 0.15) is 39.5 Å². The molecule has 1 aliphatic carbocycles. The maximum atomic E-state index is 6.13. The molecule has 0 bridgehead atoms. The van der Waals surface area contributed by atoms with Crippen LogP contribution in [0.25, 0.3) is 10.8 Å². The Bertz CT molecular complexity index is 615. The molecule has 3 heteroatoms. The van der Waals surface area contributed by atoms with Crippen molar-refractivity contribution < 1.29 is 0 Å². The quantitative estimate of drug-likeness (QED) is 0.854. The van der Waals surface area contributed by atoms with Gasteiger partial charge in [0.1, 0.15) is 0 Å². The normalized spacial score (nSPS) is 16.0. The molecule has 0 spiro atoms. The number of hydrogen-bond acceptors (Lipinski definition) is 3. The summed E-state index contributed by atoms with van der Waals surface area (Å²) in [5.41, 5.74) is 8.27. The predicted molar refractivity (Wildman–Crippen MR) is 90.6 cm³/mol. The summed E-state index contributed by atoms with van der Waals surface area (Å²) in [7, 11) is 0. The second kappa shape index (κ2) is 5.92. The molecule has 1 heterocycles. The SMILES string of the molecule is CC(C)CN(c1ccc(N)c2ccncc12)C1CCCC1. The van der Waals surface area contributed by atoms with Crippen molar-refractivity contribution in [3.8, 4) is 0 Å². The molecule has 0 saturated heterocycles. The highest BCUT2D eigenvalue weighted by atomic mass is 15.2. The van der Waals surface area contributed by atoms with Crippen molar-refractivity contribution in [1.82, 2.24) is 4.98 Å². The molecular weight excluding hydrogens is 258 g/mol. The van der Waals surface area contributed by atoms with Gasteiger partial charge in [0.25, 0.3) is 0 Å². The highest BCUT2D eigenvalue weighted by Gasteiger charge is 2.24. The van der Waals surface area contributed by atoms with Gasteiger partial charge in [-0.3, -0.25) is 4.98 Å². The van der Waals surface area contributed by atoms with Gasteiger partial charge in [-0.25, -0.2) is 0 Å². The molecule has 3 nitrogen and oxygen atoms in total. The molecule has 21 heavy (non-hydrogen) atoms. The Morgan fingerprint density at radius 1 is 1.19 bits per heavy atom. The molecule has 1 aliphatic rings. The van der Waals surface area contributed by atoms with Crippen LogP contribution in [-0.4, -0.2) is 17.6 Å². The van der Waals surface area contributed by atoms with E-state index in [0.29, 0.717) is 12.0 Å². The minimum atomic E-state index is 0.648.